The summed E-state index contributed by atoms with van der Waals surface area (Å²) in [5.74, 6) is 1.56. The van der Waals surface area contributed by atoms with Gasteiger partial charge in [-0.3, -0.25) is 9.59 Å². The van der Waals surface area contributed by atoms with Gasteiger partial charge in [0.25, 0.3) is 5.91 Å². The molecule has 6 nitrogen and oxygen atoms in total. The van der Waals surface area contributed by atoms with Crippen LogP contribution in [0.4, 0.5) is 0 Å². The van der Waals surface area contributed by atoms with Gasteiger partial charge >= 0.3 is 0 Å². The van der Waals surface area contributed by atoms with Crippen molar-refractivity contribution in [3.8, 4) is 17.2 Å². The van der Waals surface area contributed by atoms with Crippen LogP contribution >= 0.6 is 15.9 Å². The molecule has 138 valence electrons. The van der Waals surface area contributed by atoms with Crippen LogP contribution in [0.2, 0.25) is 0 Å². The van der Waals surface area contributed by atoms with Crippen molar-refractivity contribution in [1.29, 1.82) is 0 Å². The Kier molecular flexibility index (Phi) is 7.95. The van der Waals surface area contributed by atoms with Crippen LogP contribution in [0, 0.1) is 0 Å². The van der Waals surface area contributed by atoms with Gasteiger partial charge in [-0.05, 0) is 49.4 Å². The van der Waals surface area contributed by atoms with E-state index in [1.54, 1.807) is 18.2 Å². The molecule has 0 saturated heterocycles. The van der Waals surface area contributed by atoms with Gasteiger partial charge in [-0.2, -0.15) is 0 Å². The van der Waals surface area contributed by atoms with E-state index in [-0.39, 0.29) is 12.5 Å². The molecule has 0 fully saturated rings. The lowest BCUT2D eigenvalue weighted by Crippen LogP contribution is -2.32. The average Bonchev–Trinajstić information content (AvgIpc) is 2.65. The molecule has 2 aromatic carbocycles. The van der Waals surface area contributed by atoms with E-state index >= 15 is 0 Å². The minimum atomic E-state index is -0.292. The number of rotatable bonds is 10. The molecule has 0 unspecified atom stereocenters. The van der Waals surface area contributed by atoms with Gasteiger partial charge < -0.3 is 19.5 Å². The first-order valence-electron chi connectivity index (χ1n) is 8.12. The Morgan fingerprint density at radius 1 is 1.08 bits per heavy atom. The van der Waals surface area contributed by atoms with Crippen molar-refractivity contribution in [2.24, 2.45) is 0 Å². The first kappa shape index (κ1) is 19.8. The molecule has 0 aliphatic heterocycles. The molecule has 1 N–H and O–H groups in total. The number of carbonyl (C=O) groups is 2. The summed E-state index contributed by atoms with van der Waals surface area (Å²) in [5.41, 5.74) is 0.381. The van der Waals surface area contributed by atoms with E-state index in [1.807, 2.05) is 31.2 Å². The molecule has 0 radical (unpaired) electrons. The lowest BCUT2D eigenvalue weighted by molar-refractivity contribution is -0.123. The van der Waals surface area contributed by atoms with E-state index in [0.717, 1.165) is 10.2 Å². The SMILES string of the molecule is CCOc1ccc(OCCNC(=O)COc2ccc(Br)cc2C=O)cc1. The number of hydrogen-bond donors (Lipinski definition) is 1. The van der Waals surface area contributed by atoms with Crippen LogP contribution in [0.5, 0.6) is 17.2 Å². The van der Waals surface area contributed by atoms with E-state index in [1.165, 1.54) is 0 Å². The van der Waals surface area contributed by atoms with E-state index in [4.69, 9.17) is 14.2 Å². The molecule has 0 bridgehead atoms. The number of hydrogen-bond acceptors (Lipinski definition) is 5. The van der Waals surface area contributed by atoms with Gasteiger partial charge in [0, 0.05) is 4.47 Å². The highest BCUT2D eigenvalue weighted by Crippen LogP contribution is 2.21. The highest BCUT2D eigenvalue weighted by molar-refractivity contribution is 9.10. The number of carbonyl (C=O) groups excluding carboxylic acids is 2. The van der Waals surface area contributed by atoms with E-state index in [2.05, 4.69) is 21.2 Å². The number of aldehydes is 1. The van der Waals surface area contributed by atoms with Crippen molar-refractivity contribution < 1.29 is 23.8 Å². The van der Waals surface area contributed by atoms with Crippen LogP contribution in [0.3, 0.4) is 0 Å². The zero-order valence-electron chi connectivity index (χ0n) is 14.4. The molecule has 7 heteroatoms. The molecule has 0 aliphatic rings. The zero-order chi connectivity index (χ0) is 18.8. The summed E-state index contributed by atoms with van der Waals surface area (Å²) in [7, 11) is 0. The first-order valence-corrected chi connectivity index (χ1v) is 8.91. The predicted molar refractivity (Wildman–Crippen MR) is 101 cm³/mol. The normalized spacial score (nSPS) is 10.1. The van der Waals surface area contributed by atoms with Gasteiger partial charge in [0.15, 0.2) is 12.9 Å². The van der Waals surface area contributed by atoms with Crippen LogP contribution in [0.25, 0.3) is 0 Å². The third kappa shape index (κ3) is 6.40. The smallest absolute Gasteiger partial charge is 0.258 e. The molecular formula is C19H20BrNO5. The summed E-state index contributed by atoms with van der Waals surface area (Å²) in [6.07, 6.45) is 0.683. The molecular weight excluding hydrogens is 402 g/mol. The quantitative estimate of drug-likeness (QED) is 0.470. The minimum absolute atomic E-state index is 0.175. The Hall–Kier alpha value is -2.54. The van der Waals surface area contributed by atoms with E-state index < -0.39 is 0 Å². The predicted octanol–water partition coefficient (Wildman–Crippen LogP) is 3.23. The van der Waals surface area contributed by atoms with Gasteiger partial charge in [0.2, 0.25) is 0 Å². The molecule has 0 saturated carbocycles. The Bertz CT molecular complexity index is 733. The number of amides is 1. The van der Waals surface area contributed by atoms with Crippen LogP contribution in [-0.4, -0.2) is 38.6 Å². The maximum atomic E-state index is 11.8. The third-order valence-corrected chi connectivity index (χ3v) is 3.78. The lowest BCUT2D eigenvalue weighted by Gasteiger charge is -2.10. The number of halogens is 1. The minimum Gasteiger partial charge on any atom is -0.494 e. The van der Waals surface area contributed by atoms with Crippen molar-refractivity contribution in [1.82, 2.24) is 5.32 Å². The van der Waals surface area contributed by atoms with Gasteiger partial charge in [0.05, 0.1) is 18.7 Å². The number of nitrogens with one attached hydrogen (secondary N) is 1. The lowest BCUT2D eigenvalue weighted by atomic mass is 10.2. The second kappa shape index (κ2) is 10.5. The fourth-order valence-electron chi connectivity index (χ4n) is 2.10. The summed E-state index contributed by atoms with van der Waals surface area (Å²) in [6.45, 7) is 3.04. The highest BCUT2D eigenvalue weighted by atomic mass is 79.9. The monoisotopic (exact) mass is 421 g/mol. The zero-order valence-corrected chi connectivity index (χ0v) is 16.0. The van der Waals surface area contributed by atoms with Gasteiger partial charge in [-0.1, -0.05) is 15.9 Å². The number of benzene rings is 2. The maximum Gasteiger partial charge on any atom is 0.258 e. The summed E-state index contributed by atoms with van der Waals surface area (Å²) in [4.78, 5) is 22.8. The van der Waals surface area contributed by atoms with Crippen molar-refractivity contribution >= 4 is 28.1 Å². The van der Waals surface area contributed by atoms with Crippen LogP contribution in [0.15, 0.2) is 46.9 Å². The second-order valence-electron chi connectivity index (χ2n) is 5.19. The molecule has 2 rings (SSSR count). The Morgan fingerprint density at radius 2 is 1.77 bits per heavy atom. The average molecular weight is 422 g/mol. The Labute approximate surface area is 160 Å². The fourth-order valence-corrected chi connectivity index (χ4v) is 2.47. The molecule has 0 atom stereocenters. The molecule has 0 heterocycles. The Balaban J connectivity index is 1.68. The Morgan fingerprint density at radius 3 is 2.42 bits per heavy atom. The topological polar surface area (TPSA) is 73.9 Å². The second-order valence-corrected chi connectivity index (χ2v) is 6.11. The van der Waals surface area contributed by atoms with Crippen molar-refractivity contribution in [2.75, 3.05) is 26.4 Å². The van der Waals surface area contributed by atoms with Crippen molar-refractivity contribution in [3.05, 3.63) is 52.5 Å². The van der Waals surface area contributed by atoms with E-state index in [9.17, 15) is 9.59 Å². The molecule has 1 amide bonds. The summed E-state index contributed by atoms with van der Waals surface area (Å²) in [6, 6.07) is 12.3. The van der Waals surface area contributed by atoms with Gasteiger partial charge in [-0.25, -0.2) is 0 Å². The van der Waals surface area contributed by atoms with Crippen LogP contribution in [0.1, 0.15) is 17.3 Å². The molecule has 0 aliphatic carbocycles. The molecule has 26 heavy (non-hydrogen) atoms. The highest BCUT2D eigenvalue weighted by Gasteiger charge is 2.07. The van der Waals surface area contributed by atoms with Crippen LogP contribution in [-0.2, 0) is 4.79 Å². The summed E-state index contributed by atoms with van der Waals surface area (Å²) in [5, 5.41) is 2.69. The molecule has 0 aromatic heterocycles. The maximum absolute atomic E-state index is 11.8. The summed E-state index contributed by atoms with van der Waals surface area (Å²) < 4.78 is 17.0. The molecule has 2 aromatic rings. The standard InChI is InChI=1S/C19H20BrNO5/c1-2-24-16-4-6-17(7-5-16)25-10-9-21-19(23)13-26-18-8-3-15(20)11-14(18)12-22/h3-8,11-12H,2,9-10,13H2,1H3,(H,21,23). The van der Waals surface area contributed by atoms with Gasteiger partial charge in [0.1, 0.15) is 23.9 Å². The number of ether oxygens (including phenoxy) is 3. The molecule has 0 spiro atoms. The third-order valence-electron chi connectivity index (χ3n) is 3.29. The van der Waals surface area contributed by atoms with Gasteiger partial charge in [-0.15, -0.1) is 0 Å². The summed E-state index contributed by atoms with van der Waals surface area (Å²) >= 11 is 3.28. The van der Waals surface area contributed by atoms with Crippen molar-refractivity contribution in [2.45, 2.75) is 6.92 Å². The fraction of sp³-hybridized carbons (Fsp3) is 0.263. The van der Waals surface area contributed by atoms with Crippen molar-refractivity contribution in [3.63, 3.8) is 0 Å². The van der Waals surface area contributed by atoms with E-state index in [0.29, 0.717) is 43.1 Å². The first-order chi connectivity index (χ1) is 12.6. The largest absolute Gasteiger partial charge is 0.494 e. The van der Waals surface area contributed by atoms with Crippen LogP contribution < -0.4 is 19.5 Å².